The predicted molar refractivity (Wildman–Crippen MR) is 56.6 cm³/mol. The maximum absolute atomic E-state index is 11.5. The Hall–Kier alpha value is -1.18. The molecule has 1 heterocycles. The first-order valence-corrected chi connectivity index (χ1v) is 5.14. The molecule has 0 radical (unpaired) electrons. The highest BCUT2D eigenvalue weighted by Gasteiger charge is 2.25. The van der Waals surface area contributed by atoms with Gasteiger partial charge in [-0.3, -0.25) is 4.79 Å². The van der Waals surface area contributed by atoms with Crippen LogP contribution < -0.4 is 11.1 Å². The molecule has 0 fully saturated rings. The average Bonchev–Trinajstić information content (AvgIpc) is 2.65. The lowest BCUT2D eigenvalue weighted by atomic mass is 10.1. The molecule has 0 saturated heterocycles. The number of nitrogens with zero attached hydrogens (tertiary/aromatic N) is 1. The molecule has 0 aromatic carbocycles. The van der Waals surface area contributed by atoms with E-state index < -0.39 is 11.4 Å². The summed E-state index contributed by atoms with van der Waals surface area (Å²) in [5.41, 5.74) is 4.51. The van der Waals surface area contributed by atoms with Crippen molar-refractivity contribution in [3.8, 4) is 0 Å². The molecular weight excluding hydrogens is 218 g/mol. The monoisotopic (exact) mass is 231 g/mol. The van der Waals surface area contributed by atoms with E-state index in [4.69, 9.17) is 15.9 Å². The molecule has 1 rings (SSSR count). The third kappa shape index (κ3) is 2.88. The first kappa shape index (κ1) is 11.9. The zero-order chi connectivity index (χ0) is 11.5. The number of nitrogen functional groups attached to an aromatic ring is 1. The Kier molecular flexibility index (Phi) is 3.61. The molecule has 0 bridgehead atoms. The van der Waals surface area contributed by atoms with Crippen LogP contribution in [0.4, 0.5) is 5.13 Å². The Balaban J connectivity index is 2.71. The second-order valence-corrected chi connectivity index (χ2v) is 4.29. The van der Waals surface area contributed by atoms with Crippen molar-refractivity contribution in [1.82, 2.24) is 10.3 Å². The largest absolute Gasteiger partial charge is 0.394 e. The van der Waals surface area contributed by atoms with E-state index in [1.165, 1.54) is 12.3 Å². The molecule has 1 aromatic rings. The lowest BCUT2D eigenvalue weighted by Crippen LogP contribution is -2.51. The number of hydrogen-bond acceptors (Lipinski definition) is 6. The molecule has 5 N–H and O–H groups in total. The van der Waals surface area contributed by atoms with E-state index in [1.807, 2.05) is 0 Å². The van der Waals surface area contributed by atoms with Gasteiger partial charge < -0.3 is 21.3 Å². The predicted octanol–water partition coefficient (Wildman–Crippen LogP) is -0.802. The lowest BCUT2D eigenvalue weighted by molar-refractivity contribution is 0.0720. The highest BCUT2D eigenvalue weighted by molar-refractivity contribution is 7.13. The number of aromatic nitrogens is 1. The maximum Gasteiger partial charge on any atom is 0.271 e. The Morgan fingerprint density at radius 2 is 2.27 bits per heavy atom. The molecule has 15 heavy (non-hydrogen) atoms. The van der Waals surface area contributed by atoms with Crippen molar-refractivity contribution in [2.75, 3.05) is 18.9 Å². The molecule has 0 aliphatic heterocycles. The number of nitrogens with one attached hydrogen (secondary N) is 1. The van der Waals surface area contributed by atoms with Crippen molar-refractivity contribution >= 4 is 22.4 Å². The van der Waals surface area contributed by atoms with Crippen LogP contribution in [0.1, 0.15) is 17.4 Å². The van der Waals surface area contributed by atoms with Crippen molar-refractivity contribution < 1.29 is 15.0 Å². The van der Waals surface area contributed by atoms with Crippen LogP contribution in [0.3, 0.4) is 0 Å². The van der Waals surface area contributed by atoms with Crippen LogP contribution >= 0.6 is 11.3 Å². The summed E-state index contributed by atoms with van der Waals surface area (Å²) in [5.74, 6) is -0.464. The molecule has 84 valence electrons. The molecule has 0 spiro atoms. The van der Waals surface area contributed by atoms with Gasteiger partial charge in [0.25, 0.3) is 5.91 Å². The van der Waals surface area contributed by atoms with Gasteiger partial charge in [0, 0.05) is 5.38 Å². The van der Waals surface area contributed by atoms with Gasteiger partial charge in [-0.25, -0.2) is 4.98 Å². The van der Waals surface area contributed by atoms with Crippen LogP contribution in [0.2, 0.25) is 0 Å². The summed E-state index contributed by atoms with van der Waals surface area (Å²) in [5, 5.41) is 22.2. The van der Waals surface area contributed by atoms with Gasteiger partial charge in [0.15, 0.2) is 5.13 Å². The Labute approximate surface area is 90.8 Å². The van der Waals surface area contributed by atoms with Crippen LogP contribution in [0.15, 0.2) is 5.38 Å². The summed E-state index contributed by atoms with van der Waals surface area (Å²) in [6.07, 6.45) is 0. The SMILES string of the molecule is CC(CO)(CO)NC(=O)c1csc(N)n1. The van der Waals surface area contributed by atoms with Crippen molar-refractivity contribution in [2.24, 2.45) is 0 Å². The summed E-state index contributed by atoms with van der Waals surface area (Å²) >= 11 is 1.15. The van der Waals surface area contributed by atoms with E-state index >= 15 is 0 Å². The fourth-order valence-corrected chi connectivity index (χ4v) is 1.40. The molecule has 0 atom stereocenters. The Bertz CT molecular complexity index is 349. The highest BCUT2D eigenvalue weighted by Crippen LogP contribution is 2.12. The van der Waals surface area contributed by atoms with Gasteiger partial charge in [-0.15, -0.1) is 11.3 Å². The van der Waals surface area contributed by atoms with Crippen LogP contribution in [-0.2, 0) is 0 Å². The molecule has 6 nitrogen and oxygen atoms in total. The quantitative estimate of drug-likeness (QED) is 0.542. The van der Waals surface area contributed by atoms with Crippen molar-refractivity contribution in [1.29, 1.82) is 0 Å². The summed E-state index contributed by atoms with van der Waals surface area (Å²) in [7, 11) is 0. The zero-order valence-electron chi connectivity index (χ0n) is 8.23. The fraction of sp³-hybridized carbons (Fsp3) is 0.500. The standard InChI is InChI=1S/C8H13N3O3S/c1-8(3-12,4-13)11-6(14)5-2-15-7(9)10-5/h2,12-13H,3-4H2,1H3,(H2,9,10)(H,11,14). The molecule has 0 unspecified atom stereocenters. The number of carbonyl (C=O) groups is 1. The number of thiazole rings is 1. The minimum atomic E-state index is -1.05. The molecule has 0 aliphatic carbocycles. The van der Waals surface area contributed by atoms with Crippen LogP contribution in [-0.4, -0.2) is 39.9 Å². The maximum atomic E-state index is 11.5. The number of rotatable bonds is 4. The number of aliphatic hydroxyl groups excluding tert-OH is 2. The summed E-state index contributed by atoms with van der Waals surface area (Å²) in [6.45, 7) is 0.824. The van der Waals surface area contributed by atoms with Gasteiger partial charge in [0.2, 0.25) is 0 Å². The van der Waals surface area contributed by atoms with Gasteiger partial charge in [0.1, 0.15) is 5.69 Å². The number of hydrogen-bond donors (Lipinski definition) is 4. The number of carbonyl (C=O) groups excluding carboxylic acids is 1. The fourth-order valence-electron chi connectivity index (χ4n) is 0.859. The molecule has 0 aliphatic rings. The van der Waals surface area contributed by atoms with Gasteiger partial charge >= 0.3 is 0 Å². The molecule has 0 saturated carbocycles. The second-order valence-electron chi connectivity index (χ2n) is 3.40. The lowest BCUT2D eigenvalue weighted by Gasteiger charge is -2.25. The third-order valence-corrected chi connectivity index (χ3v) is 2.54. The average molecular weight is 231 g/mol. The van der Waals surface area contributed by atoms with Crippen LogP contribution in [0, 0.1) is 0 Å². The van der Waals surface area contributed by atoms with Crippen LogP contribution in [0.25, 0.3) is 0 Å². The topological polar surface area (TPSA) is 108 Å². The van der Waals surface area contributed by atoms with E-state index in [2.05, 4.69) is 10.3 Å². The van der Waals surface area contributed by atoms with E-state index in [0.717, 1.165) is 11.3 Å². The zero-order valence-corrected chi connectivity index (χ0v) is 9.04. The Morgan fingerprint density at radius 1 is 1.67 bits per heavy atom. The molecular formula is C8H13N3O3S. The number of aliphatic hydroxyl groups is 2. The van der Waals surface area contributed by atoms with Gasteiger partial charge in [0.05, 0.1) is 18.8 Å². The van der Waals surface area contributed by atoms with E-state index in [0.29, 0.717) is 5.13 Å². The summed E-state index contributed by atoms with van der Waals surface area (Å²) in [4.78, 5) is 15.3. The van der Waals surface area contributed by atoms with Crippen molar-refractivity contribution in [3.05, 3.63) is 11.1 Å². The summed E-state index contributed by atoms with van der Waals surface area (Å²) < 4.78 is 0. The highest BCUT2D eigenvalue weighted by atomic mass is 32.1. The Morgan fingerprint density at radius 3 is 2.67 bits per heavy atom. The van der Waals surface area contributed by atoms with Crippen molar-refractivity contribution in [3.63, 3.8) is 0 Å². The summed E-state index contributed by atoms with van der Waals surface area (Å²) in [6, 6.07) is 0. The van der Waals surface area contributed by atoms with E-state index in [-0.39, 0.29) is 18.9 Å². The number of nitrogens with two attached hydrogens (primary N) is 1. The first-order valence-electron chi connectivity index (χ1n) is 4.26. The van der Waals surface area contributed by atoms with E-state index in [9.17, 15) is 4.79 Å². The first-order chi connectivity index (χ1) is 7.00. The second kappa shape index (κ2) is 4.56. The molecule has 1 aromatic heterocycles. The van der Waals surface area contributed by atoms with Gasteiger partial charge in [-0.1, -0.05) is 0 Å². The number of amides is 1. The minimum absolute atomic E-state index is 0.186. The van der Waals surface area contributed by atoms with Gasteiger partial charge in [-0.05, 0) is 6.92 Å². The third-order valence-electron chi connectivity index (χ3n) is 1.87. The van der Waals surface area contributed by atoms with E-state index in [1.54, 1.807) is 0 Å². The number of anilines is 1. The smallest absolute Gasteiger partial charge is 0.271 e. The van der Waals surface area contributed by atoms with Gasteiger partial charge in [-0.2, -0.15) is 0 Å². The molecule has 7 heteroatoms. The normalized spacial score (nSPS) is 11.4. The molecule has 1 amide bonds. The van der Waals surface area contributed by atoms with Crippen LogP contribution in [0.5, 0.6) is 0 Å². The van der Waals surface area contributed by atoms with Crippen molar-refractivity contribution in [2.45, 2.75) is 12.5 Å². The minimum Gasteiger partial charge on any atom is -0.394 e.